The smallest absolute Gasteiger partial charge is 0.493 e. The van der Waals surface area contributed by atoms with Crippen LogP contribution >= 0.6 is 0 Å². The lowest BCUT2D eigenvalue weighted by Crippen LogP contribution is -2.17. The molecule has 18 heteroatoms. The summed E-state index contributed by atoms with van der Waals surface area (Å²) in [5.74, 6) is -1.69. The van der Waals surface area contributed by atoms with E-state index in [4.69, 9.17) is 19.7 Å². The van der Waals surface area contributed by atoms with E-state index in [0.717, 1.165) is 46.5 Å². The van der Waals surface area contributed by atoms with E-state index in [1.165, 1.54) is 38.5 Å². The van der Waals surface area contributed by atoms with Crippen molar-refractivity contribution in [2.24, 2.45) is 0 Å². The quantitative estimate of drug-likeness (QED) is 0.0683. The van der Waals surface area contributed by atoms with E-state index in [0.29, 0.717) is 42.9 Å². The Morgan fingerprint density at radius 2 is 0.937 bits per heavy atom. The number of carboxylic acid groups (broad SMARTS) is 2. The fourth-order valence-electron chi connectivity index (χ4n) is 6.01. The van der Waals surface area contributed by atoms with Gasteiger partial charge < -0.3 is 24.4 Å². The van der Waals surface area contributed by atoms with Crippen molar-refractivity contribution in [1.29, 1.82) is 0 Å². The van der Waals surface area contributed by atoms with Crippen LogP contribution in [-0.4, -0.2) is 59.6 Å². The maximum absolute atomic E-state index is 12.7. The second-order valence-corrected chi connectivity index (χ2v) is 17.0. The van der Waals surface area contributed by atoms with Crippen LogP contribution in [-0.2, 0) is 45.7 Å². The van der Waals surface area contributed by atoms with E-state index >= 15 is 0 Å². The molecular weight excluding hydrogens is 866 g/mol. The minimum atomic E-state index is -4.86. The fraction of sp³-hybridized carbons (Fsp3) is 0.156. The first-order valence-corrected chi connectivity index (χ1v) is 21.8. The minimum Gasteiger partial charge on any atom is -0.493 e. The Morgan fingerprint density at radius 3 is 1.35 bits per heavy atom. The highest BCUT2D eigenvalue weighted by molar-refractivity contribution is 7.93. The Balaban J connectivity index is 0.000000238. The Morgan fingerprint density at radius 1 is 0.524 bits per heavy atom. The van der Waals surface area contributed by atoms with Crippen molar-refractivity contribution in [1.82, 2.24) is 0 Å². The number of carbonyl (C=O) groups is 2. The Hall–Kier alpha value is -7.05. The molecule has 63 heavy (non-hydrogen) atoms. The molecular formula is C45H41F3N2O11S2. The Bertz CT molecular complexity index is 2750. The number of hydrogen-bond donors (Lipinski definition) is 4. The second kappa shape index (κ2) is 20.7. The zero-order valence-corrected chi connectivity index (χ0v) is 35.3. The first kappa shape index (κ1) is 47.0. The molecule has 0 unspecified atom stereocenters. The number of hydrogen-bond acceptors (Lipinski definition) is 9. The van der Waals surface area contributed by atoms with Crippen molar-refractivity contribution >= 4 is 43.4 Å². The third-order valence-corrected chi connectivity index (χ3v) is 12.0. The van der Waals surface area contributed by atoms with E-state index < -0.39 is 44.1 Å². The molecule has 0 saturated carbocycles. The second-order valence-electron chi connectivity index (χ2n) is 13.7. The van der Waals surface area contributed by atoms with Gasteiger partial charge >= 0.3 is 18.3 Å². The van der Waals surface area contributed by atoms with Crippen molar-refractivity contribution < 1.29 is 64.0 Å². The number of methoxy groups -OCH3 is 2. The summed E-state index contributed by atoms with van der Waals surface area (Å²) in [6.07, 6.45) is -2.25. The van der Waals surface area contributed by atoms with Crippen LogP contribution in [0.25, 0.3) is 0 Å². The summed E-state index contributed by atoms with van der Waals surface area (Å²) in [5, 5.41) is 18.1. The number of alkyl halides is 3. The average Bonchev–Trinajstić information content (AvgIpc) is 3.25. The van der Waals surface area contributed by atoms with Gasteiger partial charge in [-0.2, -0.15) is 0 Å². The molecule has 6 aromatic carbocycles. The Kier molecular flexibility index (Phi) is 15.4. The van der Waals surface area contributed by atoms with Crippen molar-refractivity contribution in [2.45, 2.75) is 41.8 Å². The van der Waals surface area contributed by atoms with Gasteiger partial charge in [-0.25, -0.2) is 26.4 Å². The molecule has 0 atom stereocenters. The third-order valence-electron chi connectivity index (χ3n) is 9.20. The first-order valence-electron chi connectivity index (χ1n) is 18.8. The van der Waals surface area contributed by atoms with Gasteiger partial charge in [0.25, 0.3) is 20.0 Å². The monoisotopic (exact) mass is 906 g/mol. The molecule has 4 N–H and O–H groups in total. The summed E-state index contributed by atoms with van der Waals surface area (Å²) in [5.41, 5.74) is 4.93. The molecule has 0 spiro atoms. The van der Waals surface area contributed by atoms with Crippen LogP contribution in [0.2, 0.25) is 0 Å². The van der Waals surface area contributed by atoms with Gasteiger partial charge in [-0.1, -0.05) is 48.5 Å². The number of nitrogens with one attached hydrogen (secondary N) is 2. The number of ether oxygens (including phenoxy) is 3. The average molecular weight is 907 g/mol. The molecule has 0 aromatic heterocycles. The maximum atomic E-state index is 12.7. The topological polar surface area (TPSA) is 195 Å². The van der Waals surface area contributed by atoms with Crippen LogP contribution in [0.3, 0.4) is 0 Å². The lowest BCUT2D eigenvalue weighted by atomic mass is 10.0. The van der Waals surface area contributed by atoms with Crippen molar-refractivity contribution in [3.63, 3.8) is 0 Å². The van der Waals surface area contributed by atoms with Crippen molar-refractivity contribution in [3.8, 4) is 17.2 Å². The predicted molar refractivity (Wildman–Crippen MR) is 229 cm³/mol. The molecule has 330 valence electrons. The zero-order valence-electron chi connectivity index (χ0n) is 33.6. The van der Waals surface area contributed by atoms with Crippen molar-refractivity contribution in [2.75, 3.05) is 23.7 Å². The summed E-state index contributed by atoms with van der Waals surface area (Å²) in [6.45, 7) is 0. The number of rotatable bonds is 17. The molecule has 0 aliphatic heterocycles. The van der Waals surface area contributed by atoms with Crippen LogP contribution < -0.4 is 23.7 Å². The van der Waals surface area contributed by atoms with Gasteiger partial charge in [-0.05, 0) is 133 Å². The predicted octanol–water partition coefficient (Wildman–Crippen LogP) is 8.86. The summed E-state index contributed by atoms with van der Waals surface area (Å²) >= 11 is 0. The van der Waals surface area contributed by atoms with Gasteiger partial charge in [-0.3, -0.25) is 9.44 Å². The molecule has 0 aliphatic carbocycles. The van der Waals surface area contributed by atoms with Gasteiger partial charge in [0.15, 0.2) is 11.5 Å². The molecule has 0 heterocycles. The number of benzene rings is 6. The molecule has 0 amide bonds. The lowest BCUT2D eigenvalue weighted by Gasteiger charge is -2.12. The van der Waals surface area contributed by atoms with Crippen LogP contribution in [0.5, 0.6) is 17.2 Å². The van der Waals surface area contributed by atoms with E-state index in [9.17, 15) is 39.6 Å². The summed E-state index contributed by atoms with van der Waals surface area (Å²) in [6, 6.07) is 35.4. The number of aryl methyl sites for hydroxylation is 4. The molecule has 13 nitrogen and oxygen atoms in total. The van der Waals surface area contributed by atoms with E-state index in [2.05, 4.69) is 14.2 Å². The molecule has 0 bridgehead atoms. The number of sulfonamides is 2. The summed E-state index contributed by atoms with van der Waals surface area (Å²) < 4.78 is 106. The standard InChI is InChI=1S/C23H23NO6S.C22H18F3NO5S/c1-29-21-13-12-20(15-22(21)30-2)31(27,28)24-19-10-8-16(9-11-19)6-7-17-4-3-5-18(14-17)23(25)26;23-22(24,25)31-19-10-12-20(13-11-19)32(29,30)26-18-8-6-15(7-9-18)4-5-16-2-1-3-17(14-16)21(27)28/h3-5,8-15,24H,6-7H2,1-2H3,(H,25,26);1-3,6-14,26H,4-5H2,(H,27,28). The molecule has 0 saturated heterocycles. The van der Waals surface area contributed by atoms with E-state index in [1.807, 2.05) is 24.3 Å². The normalized spacial score (nSPS) is 11.4. The fourth-order valence-corrected chi connectivity index (χ4v) is 8.14. The number of aromatic carboxylic acids is 2. The van der Waals surface area contributed by atoms with Crippen LogP contribution in [0.4, 0.5) is 24.5 Å². The highest BCUT2D eigenvalue weighted by Gasteiger charge is 2.31. The van der Waals surface area contributed by atoms with Crippen LogP contribution in [0, 0.1) is 0 Å². The number of carboxylic acids is 2. The number of halogens is 3. The highest BCUT2D eigenvalue weighted by Crippen LogP contribution is 2.30. The molecule has 0 radical (unpaired) electrons. The van der Waals surface area contributed by atoms with Gasteiger partial charge in [-0.15, -0.1) is 13.2 Å². The van der Waals surface area contributed by atoms with E-state index in [-0.39, 0.29) is 26.6 Å². The lowest BCUT2D eigenvalue weighted by molar-refractivity contribution is -0.274. The molecule has 0 fully saturated rings. The molecule has 0 aliphatic rings. The zero-order chi connectivity index (χ0) is 45.8. The molecule has 6 rings (SSSR count). The third kappa shape index (κ3) is 14.0. The summed E-state index contributed by atoms with van der Waals surface area (Å²) in [4.78, 5) is 22.0. The minimum absolute atomic E-state index is 0.0625. The van der Waals surface area contributed by atoms with Gasteiger partial charge in [0, 0.05) is 17.4 Å². The number of anilines is 2. The van der Waals surface area contributed by atoms with Gasteiger partial charge in [0.05, 0.1) is 35.1 Å². The van der Waals surface area contributed by atoms with Crippen LogP contribution in [0.1, 0.15) is 43.0 Å². The van der Waals surface area contributed by atoms with Gasteiger partial charge in [0.2, 0.25) is 0 Å². The summed E-state index contributed by atoms with van der Waals surface area (Å²) in [7, 11) is -4.87. The first-order chi connectivity index (χ1) is 29.8. The molecule has 6 aromatic rings. The van der Waals surface area contributed by atoms with Crippen LogP contribution in [0.15, 0.2) is 149 Å². The van der Waals surface area contributed by atoms with Crippen molar-refractivity contribution in [3.05, 3.63) is 173 Å². The Labute approximate surface area is 361 Å². The largest absolute Gasteiger partial charge is 0.573 e. The van der Waals surface area contributed by atoms with E-state index in [1.54, 1.807) is 66.7 Å². The highest BCUT2D eigenvalue weighted by atomic mass is 32.2. The SMILES string of the molecule is COc1ccc(S(=O)(=O)Nc2ccc(CCc3cccc(C(=O)O)c3)cc2)cc1OC.O=C(O)c1cccc(CCc2ccc(NS(=O)(=O)c3ccc(OC(F)(F)F)cc3)cc2)c1. The maximum Gasteiger partial charge on any atom is 0.573 e. The van der Waals surface area contributed by atoms with Gasteiger partial charge in [0.1, 0.15) is 5.75 Å².